The van der Waals surface area contributed by atoms with Gasteiger partial charge in [-0.25, -0.2) is 12.7 Å². The number of benzene rings is 2. The molecular weight excluding hydrogens is 396 g/mol. The van der Waals surface area contributed by atoms with E-state index in [1.807, 2.05) is 54.6 Å². The molecule has 3 rings (SSSR count). The Morgan fingerprint density at radius 1 is 1.10 bits per heavy atom. The summed E-state index contributed by atoms with van der Waals surface area (Å²) >= 11 is 0. The van der Waals surface area contributed by atoms with Crippen molar-refractivity contribution in [1.82, 2.24) is 4.31 Å². The lowest BCUT2D eigenvalue weighted by molar-refractivity contribution is -0.120. The second-order valence-corrected chi connectivity index (χ2v) is 10.4. The van der Waals surface area contributed by atoms with Crippen LogP contribution in [-0.2, 0) is 21.2 Å². The number of rotatable bonds is 8. The molecule has 0 aliphatic carbocycles. The lowest BCUT2D eigenvalue weighted by Crippen LogP contribution is -2.44. The third-order valence-corrected chi connectivity index (χ3v) is 7.62. The highest BCUT2D eigenvalue weighted by atomic mass is 32.2. The van der Waals surface area contributed by atoms with Crippen LogP contribution < -0.4 is 5.32 Å². The first-order chi connectivity index (χ1) is 14.4. The van der Waals surface area contributed by atoms with Gasteiger partial charge in [0, 0.05) is 18.8 Å². The van der Waals surface area contributed by atoms with Crippen molar-refractivity contribution < 1.29 is 13.2 Å². The van der Waals surface area contributed by atoms with Crippen LogP contribution in [0.25, 0.3) is 0 Å². The Labute approximate surface area is 180 Å². The molecule has 1 fully saturated rings. The Hall–Kier alpha value is -2.18. The predicted molar refractivity (Wildman–Crippen MR) is 122 cm³/mol. The van der Waals surface area contributed by atoms with Gasteiger partial charge in [0.2, 0.25) is 15.9 Å². The van der Waals surface area contributed by atoms with Crippen LogP contribution in [0.5, 0.6) is 0 Å². The van der Waals surface area contributed by atoms with E-state index >= 15 is 0 Å². The second kappa shape index (κ2) is 10.2. The van der Waals surface area contributed by atoms with Crippen molar-refractivity contribution in [2.45, 2.75) is 45.4 Å². The molecule has 1 amide bonds. The minimum atomic E-state index is -3.36. The quantitative estimate of drug-likeness (QED) is 0.677. The maximum absolute atomic E-state index is 12.9. The fraction of sp³-hybridized carbons (Fsp3) is 0.458. The van der Waals surface area contributed by atoms with Gasteiger partial charge < -0.3 is 5.32 Å². The molecule has 1 aliphatic rings. The molecule has 1 atom stereocenters. The van der Waals surface area contributed by atoms with Gasteiger partial charge in [-0.1, -0.05) is 62.4 Å². The number of nitrogens with one attached hydrogen (secondary N) is 1. The third-order valence-electron chi connectivity index (χ3n) is 5.70. The molecule has 2 aromatic rings. The van der Waals surface area contributed by atoms with Gasteiger partial charge >= 0.3 is 0 Å². The molecule has 0 spiro atoms. The van der Waals surface area contributed by atoms with Gasteiger partial charge in [0.05, 0.1) is 11.7 Å². The van der Waals surface area contributed by atoms with Crippen LogP contribution >= 0.6 is 0 Å². The number of nitrogens with zero attached hydrogens (tertiary/aromatic N) is 1. The monoisotopic (exact) mass is 428 g/mol. The SMILES string of the molecule is CC(C)c1ccccc1NC(=O)[C@H]1CCCN(S(=O)(=O)CCCc2ccccc2)C1. The molecule has 0 radical (unpaired) electrons. The van der Waals surface area contributed by atoms with E-state index < -0.39 is 10.0 Å². The van der Waals surface area contributed by atoms with Crippen LogP contribution in [0.4, 0.5) is 5.69 Å². The number of hydrogen-bond donors (Lipinski definition) is 1. The summed E-state index contributed by atoms with van der Waals surface area (Å²) in [6.07, 6.45) is 2.75. The Balaban J connectivity index is 1.58. The fourth-order valence-electron chi connectivity index (χ4n) is 3.99. The Morgan fingerprint density at radius 2 is 1.80 bits per heavy atom. The highest BCUT2D eigenvalue weighted by Crippen LogP contribution is 2.26. The summed E-state index contributed by atoms with van der Waals surface area (Å²) in [7, 11) is -3.36. The van der Waals surface area contributed by atoms with Crippen LogP contribution in [0.3, 0.4) is 0 Å². The van der Waals surface area contributed by atoms with Gasteiger partial charge in [-0.05, 0) is 48.8 Å². The van der Waals surface area contributed by atoms with Crippen molar-refractivity contribution in [2.24, 2.45) is 5.92 Å². The highest BCUT2D eigenvalue weighted by molar-refractivity contribution is 7.89. The second-order valence-electron chi connectivity index (χ2n) is 8.33. The van der Waals surface area contributed by atoms with Crippen LogP contribution in [-0.4, -0.2) is 37.5 Å². The molecule has 5 nitrogen and oxygen atoms in total. The summed E-state index contributed by atoms with van der Waals surface area (Å²) in [4.78, 5) is 12.9. The van der Waals surface area contributed by atoms with E-state index in [2.05, 4.69) is 19.2 Å². The zero-order valence-electron chi connectivity index (χ0n) is 17.9. The largest absolute Gasteiger partial charge is 0.326 e. The number of carbonyl (C=O) groups is 1. The normalized spacial score (nSPS) is 17.8. The third kappa shape index (κ3) is 5.92. The zero-order valence-corrected chi connectivity index (χ0v) is 18.7. The fourth-order valence-corrected chi connectivity index (χ4v) is 5.57. The molecule has 0 aromatic heterocycles. The lowest BCUT2D eigenvalue weighted by Gasteiger charge is -2.31. The molecule has 0 unspecified atom stereocenters. The Kier molecular flexibility index (Phi) is 7.67. The van der Waals surface area contributed by atoms with E-state index in [9.17, 15) is 13.2 Å². The Bertz CT molecular complexity index is 942. The van der Waals surface area contributed by atoms with Crippen molar-refractivity contribution in [3.63, 3.8) is 0 Å². The molecule has 2 aromatic carbocycles. The van der Waals surface area contributed by atoms with Gasteiger partial charge in [0.25, 0.3) is 0 Å². The van der Waals surface area contributed by atoms with Crippen LogP contribution in [0.1, 0.15) is 50.2 Å². The number of aryl methyl sites for hydroxylation is 1. The lowest BCUT2D eigenvalue weighted by atomic mass is 9.97. The summed E-state index contributed by atoms with van der Waals surface area (Å²) < 4.78 is 27.2. The van der Waals surface area contributed by atoms with Crippen molar-refractivity contribution in [1.29, 1.82) is 0 Å². The molecule has 6 heteroatoms. The average Bonchev–Trinajstić information content (AvgIpc) is 2.74. The van der Waals surface area contributed by atoms with Crippen molar-refractivity contribution in [3.05, 3.63) is 65.7 Å². The Morgan fingerprint density at radius 3 is 2.53 bits per heavy atom. The smallest absolute Gasteiger partial charge is 0.228 e. The molecule has 1 N–H and O–H groups in total. The summed E-state index contributed by atoms with van der Waals surface area (Å²) in [6.45, 7) is 4.95. The van der Waals surface area contributed by atoms with E-state index in [0.717, 1.165) is 23.2 Å². The van der Waals surface area contributed by atoms with E-state index in [-0.39, 0.29) is 24.1 Å². The molecule has 162 valence electrons. The first kappa shape index (κ1) is 22.5. The standard InChI is InChI=1S/C24H32N2O3S/c1-19(2)22-14-6-7-15-23(22)25-24(27)21-13-8-16-26(18-21)30(28,29)17-9-12-20-10-4-3-5-11-20/h3-7,10-11,14-15,19,21H,8-9,12-13,16-18H2,1-2H3,(H,25,27)/t21-/m0/s1. The summed E-state index contributed by atoms with van der Waals surface area (Å²) in [6, 6.07) is 17.7. The first-order valence-electron chi connectivity index (χ1n) is 10.8. The number of hydrogen-bond acceptors (Lipinski definition) is 3. The summed E-state index contributed by atoms with van der Waals surface area (Å²) in [5, 5.41) is 3.04. The van der Waals surface area contributed by atoms with Gasteiger partial charge in [0.15, 0.2) is 0 Å². The predicted octanol–water partition coefficient (Wildman–Crippen LogP) is 4.42. The molecule has 0 bridgehead atoms. The summed E-state index contributed by atoms with van der Waals surface area (Å²) in [5.41, 5.74) is 3.06. The van der Waals surface area contributed by atoms with Crippen molar-refractivity contribution in [3.8, 4) is 0 Å². The average molecular weight is 429 g/mol. The van der Waals surface area contributed by atoms with Crippen molar-refractivity contribution in [2.75, 3.05) is 24.2 Å². The maximum atomic E-state index is 12.9. The highest BCUT2D eigenvalue weighted by Gasteiger charge is 2.32. The molecule has 1 aliphatic heterocycles. The van der Waals surface area contributed by atoms with E-state index in [4.69, 9.17) is 0 Å². The minimum absolute atomic E-state index is 0.0905. The van der Waals surface area contributed by atoms with E-state index in [0.29, 0.717) is 31.7 Å². The number of para-hydroxylation sites is 1. The van der Waals surface area contributed by atoms with Gasteiger partial charge in [-0.3, -0.25) is 4.79 Å². The van der Waals surface area contributed by atoms with Gasteiger partial charge in [-0.2, -0.15) is 0 Å². The van der Waals surface area contributed by atoms with E-state index in [1.54, 1.807) is 0 Å². The zero-order chi connectivity index (χ0) is 21.6. The minimum Gasteiger partial charge on any atom is -0.326 e. The van der Waals surface area contributed by atoms with Gasteiger partial charge in [0.1, 0.15) is 0 Å². The topological polar surface area (TPSA) is 66.5 Å². The van der Waals surface area contributed by atoms with E-state index in [1.165, 1.54) is 4.31 Å². The number of anilines is 1. The maximum Gasteiger partial charge on any atom is 0.228 e. The van der Waals surface area contributed by atoms with Crippen LogP contribution in [0.15, 0.2) is 54.6 Å². The molecule has 0 saturated carbocycles. The van der Waals surface area contributed by atoms with Crippen LogP contribution in [0.2, 0.25) is 0 Å². The molecular formula is C24H32N2O3S. The summed E-state index contributed by atoms with van der Waals surface area (Å²) in [5.74, 6) is 0.0105. The van der Waals surface area contributed by atoms with Crippen molar-refractivity contribution >= 4 is 21.6 Å². The molecule has 1 heterocycles. The number of sulfonamides is 1. The first-order valence-corrected chi connectivity index (χ1v) is 12.4. The number of carbonyl (C=O) groups excluding carboxylic acids is 1. The number of amides is 1. The molecule has 30 heavy (non-hydrogen) atoms. The molecule has 1 saturated heterocycles. The number of piperidine rings is 1. The van der Waals surface area contributed by atoms with Crippen LogP contribution in [0, 0.1) is 5.92 Å². The van der Waals surface area contributed by atoms with Gasteiger partial charge in [-0.15, -0.1) is 0 Å².